The van der Waals surface area contributed by atoms with E-state index in [2.05, 4.69) is 25.7 Å². The van der Waals surface area contributed by atoms with Crippen molar-refractivity contribution in [1.29, 1.82) is 0 Å². The summed E-state index contributed by atoms with van der Waals surface area (Å²) in [7, 11) is 0. The third-order valence-electron chi connectivity index (χ3n) is 4.38. The Kier molecular flexibility index (Phi) is 5.07. The zero-order chi connectivity index (χ0) is 18.6. The highest BCUT2D eigenvalue weighted by Gasteiger charge is 2.23. The summed E-state index contributed by atoms with van der Waals surface area (Å²) in [6, 6.07) is 9.76. The summed E-state index contributed by atoms with van der Waals surface area (Å²) in [5.41, 5.74) is 0.713. The van der Waals surface area contributed by atoms with Crippen LogP contribution in [0.1, 0.15) is 5.82 Å². The van der Waals surface area contributed by atoms with Crippen molar-refractivity contribution in [2.45, 2.75) is 6.54 Å². The van der Waals surface area contributed by atoms with E-state index in [1.807, 2.05) is 17.5 Å². The highest BCUT2D eigenvalue weighted by Crippen LogP contribution is 2.17. The first-order valence-electron chi connectivity index (χ1n) is 8.54. The van der Waals surface area contributed by atoms with Crippen LogP contribution in [0.15, 0.2) is 41.8 Å². The molecule has 0 saturated carbocycles. The molecule has 3 aromatic rings. The number of urea groups is 1. The molecule has 0 spiro atoms. The number of hydrogen-bond acceptors (Lipinski definition) is 6. The molecule has 1 aliphatic rings. The molecule has 3 heterocycles. The summed E-state index contributed by atoms with van der Waals surface area (Å²) < 4.78 is 14.7. The standard InChI is InChI=1S/C17H18FN7OS/c18-13-3-5-14(6-4-13)25-15(20-21-22-25)12-23-7-9-24(10-8-23)17(26)19-16-2-1-11-27-16/h1-6,11H,7-10,12H2,(H,19,26). The number of carbonyl (C=O) groups is 1. The van der Waals surface area contributed by atoms with Crippen LogP contribution < -0.4 is 5.32 Å². The maximum absolute atomic E-state index is 13.1. The molecular formula is C17H18FN7OS. The summed E-state index contributed by atoms with van der Waals surface area (Å²) in [5, 5.41) is 17.5. The van der Waals surface area contributed by atoms with Crippen molar-refractivity contribution in [1.82, 2.24) is 30.0 Å². The Balaban J connectivity index is 1.34. The van der Waals surface area contributed by atoms with Gasteiger partial charge in [0, 0.05) is 26.2 Å². The predicted octanol–water partition coefficient (Wildman–Crippen LogP) is 2.21. The minimum absolute atomic E-state index is 0.0757. The highest BCUT2D eigenvalue weighted by molar-refractivity contribution is 7.14. The predicted molar refractivity (Wildman–Crippen MR) is 99.3 cm³/mol. The molecule has 1 N–H and O–H groups in total. The normalized spacial score (nSPS) is 15.1. The van der Waals surface area contributed by atoms with Crippen molar-refractivity contribution >= 4 is 22.4 Å². The van der Waals surface area contributed by atoms with E-state index < -0.39 is 0 Å². The number of anilines is 1. The first-order chi connectivity index (χ1) is 13.2. The molecule has 27 heavy (non-hydrogen) atoms. The molecule has 0 bridgehead atoms. The van der Waals surface area contributed by atoms with Crippen LogP contribution in [0.25, 0.3) is 5.69 Å². The Bertz CT molecular complexity index is 888. The topological polar surface area (TPSA) is 79.2 Å². The summed E-state index contributed by atoms with van der Waals surface area (Å²) in [6.45, 7) is 3.29. The first kappa shape index (κ1) is 17.6. The fraction of sp³-hybridized carbons (Fsp3) is 0.294. The molecule has 140 valence electrons. The molecule has 0 atom stereocenters. The van der Waals surface area contributed by atoms with Crippen LogP contribution >= 0.6 is 11.3 Å². The van der Waals surface area contributed by atoms with Crippen molar-refractivity contribution in [3.8, 4) is 5.69 Å². The van der Waals surface area contributed by atoms with E-state index >= 15 is 0 Å². The van der Waals surface area contributed by atoms with Crippen LogP contribution in [-0.4, -0.2) is 62.2 Å². The van der Waals surface area contributed by atoms with Gasteiger partial charge in [-0.3, -0.25) is 10.2 Å². The number of carbonyl (C=O) groups excluding carboxylic acids is 1. The molecule has 4 rings (SSSR count). The zero-order valence-corrected chi connectivity index (χ0v) is 15.3. The Morgan fingerprint density at radius 1 is 1.15 bits per heavy atom. The second kappa shape index (κ2) is 7.80. The Hall–Kier alpha value is -2.85. The van der Waals surface area contributed by atoms with Gasteiger partial charge in [0.1, 0.15) is 5.82 Å². The van der Waals surface area contributed by atoms with Crippen molar-refractivity contribution in [2.24, 2.45) is 0 Å². The molecule has 1 saturated heterocycles. The van der Waals surface area contributed by atoms with Crippen LogP contribution in [0, 0.1) is 5.82 Å². The van der Waals surface area contributed by atoms with Gasteiger partial charge in [0.2, 0.25) is 0 Å². The Morgan fingerprint density at radius 3 is 2.63 bits per heavy atom. The number of piperazine rings is 1. The van der Waals surface area contributed by atoms with E-state index in [0.29, 0.717) is 31.1 Å². The Labute approximate surface area is 159 Å². The summed E-state index contributed by atoms with van der Waals surface area (Å²) >= 11 is 1.50. The van der Waals surface area contributed by atoms with Gasteiger partial charge in [-0.15, -0.1) is 16.4 Å². The van der Waals surface area contributed by atoms with Gasteiger partial charge in [0.15, 0.2) is 5.82 Å². The highest BCUT2D eigenvalue weighted by atomic mass is 32.1. The van der Waals surface area contributed by atoms with Crippen molar-refractivity contribution in [3.63, 3.8) is 0 Å². The molecule has 2 amide bonds. The van der Waals surface area contributed by atoms with Crippen molar-refractivity contribution in [2.75, 3.05) is 31.5 Å². The van der Waals surface area contributed by atoms with Gasteiger partial charge in [0.25, 0.3) is 0 Å². The van der Waals surface area contributed by atoms with Gasteiger partial charge in [-0.1, -0.05) is 0 Å². The SMILES string of the molecule is O=C(Nc1cccs1)N1CCN(Cc2nnnn2-c2ccc(F)cc2)CC1. The quantitative estimate of drug-likeness (QED) is 0.743. The van der Waals surface area contributed by atoms with E-state index in [9.17, 15) is 9.18 Å². The third-order valence-corrected chi connectivity index (χ3v) is 5.17. The Morgan fingerprint density at radius 2 is 1.93 bits per heavy atom. The molecule has 0 aliphatic carbocycles. The lowest BCUT2D eigenvalue weighted by Gasteiger charge is -2.34. The number of nitrogens with one attached hydrogen (secondary N) is 1. The summed E-state index contributed by atoms with van der Waals surface area (Å²) in [5.74, 6) is 0.378. The molecular weight excluding hydrogens is 369 g/mol. The van der Waals surface area contributed by atoms with Gasteiger partial charge < -0.3 is 4.90 Å². The number of rotatable bonds is 4. The number of hydrogen-bond donors (Lipinski definition) is 1. The average molecular weight is 387 g/mol. The molecule has 8 nitrogen and oxygen atoms in total. The first-order valence-corrected chi connectivity index (χ1v) is 9.42. The van der Waals surface area contributed by atoms with Crippen molar-refractivity contribution in [3.05, 3.63) is 53.4 Å². The number of halogens is 1. The fourth-order valence-electron chi connectivity index (χ4n) is 2.93. The van der Waals surface area contributed by atoms with Gasteiger partial charge in [-0.25, -0.2) is 9.18 Å². The van der Waals surface area contributed by atoms with Crippen LogP contribution in [0.4, 0.5) is 14.2 Å². The monoisotopic (exact) mass is 387 g/mol. The molecule has 0 radical (unpaired) electrons. The van der Waals surface area contributed by atoms with Crippen molar-refractivity contribution < 1.29 is 9.18 Å². The van der Waals surface area contributed by atoms with E-state index in [0.717, 1.165) is 18.1 Å². The smallest absolute Gasteiger partial charge is 0.322 e. The van der Waals surface area contributed by atoms with Gasteiger partial charge in [0.05, 0.1) is 17.2 Å². The second-order valence-corrected chi connectivity index (χ2v) is 7.10. The van der Waals surface area contributed by atoms with E-state index in [1.165, 1.54) is 23.5 Å². The number of thiophene rings is 1. The van der Waals surface area contributed by atoms with E-state index in [4.69, 9.17) is 0 Å². The largest absolute Gasteiger partial charge is 0.322 e. The molecule has 10 heteroatoms. The number of tetrazole rings is 1. The zero-order valence-electron chi connectivity index (χ0n) is 14.5. The molecule has 1 aliphatic heterocycles. The number of nitrogens with zero attached hydrogens (tertiary/aromatic N) is 6. The molecule has 1 fully saturated rings. The molecule has 0 unspecified atom stereocenters. The van der Waals surface area contributed by atoms with Gasteiger partial charge >= 0.3 is 6.03 Å². The molecule has 1 aromatic carbocycles. The minimum Gasteiger partial charge on any atom is -0.322 e. The van der Waals surface area contributed by atoms with Gasteiger partial charge in [-0.05, 0) is 52.2 Å². The summed E-state index contributed by atoms with van der Waals surface area (Å²) in [6.07, 6.45) is 0. The lowest BCUT2D eigenvalue weighted by atomic mass is 10.3. The maximum Gasteiger partial charge on any atom is 0.322 e. The lowest BCUT2D eigenvalue weighted by Crippen LogP contribution is -2.49. The number of amides is 2. The third kappa shape index (κ3) is 4.12. The van der Waals surface area contributed by atoms with Crippen LogP contribution in [-0.2, 0) is 6.54 Å². The van der Waals surface area contributed by atoms with E-state index in [-0.39, 0.29) is 11.8 Å². The fourth-order valence-corrected chi connectivity index (χ4v) is 3.54. The number of aromatic nitrogens is 4. The minimum atomic E-state index is -0.301. The molecule has 2 aromatic heterocycles. The second-order valence-electron chi connectivity index (χ2n) is 6.15. The van der Waals surface area contributed by atoms with Crippen LogP contribution in [0.5, 0.6) is 0 Å². The summed E-state index contributed by atoms with van der Waals surface area (Å²) in [4.78, 5) is 16.3. The maximum atomic E-state index is 13.1. The number of benzene rings is 1. The lowest BCUT2D eigenvalue weighted by molar-refractivity contribution is 0.140. The van der Waals surface area contributed by atoms with Crippen LogP contribution in [0.2, 0.25) is 0 Å². The van der Waals surface area contributed by atoms with Crippen LogP contribution in [0.3, 0.4) is 0 Å². The average Bonchev–Trinajstić information content (AvgIpc) is 3.35. The van der Waals surface area contributed by atoms with E-state index in [1.54, 1.807) is 21.7 Å². The van der Waals surface area contributed by atoms with Gasteiger partial charge in [-0.2, -0.15) is 4.68 Å².